The highest BCUT2D eigenvalue weighted by atomic mass is 79.9. The summed E-state index contributed by atoms with van der Waals surface area (Å²) < 4.78 is 10.9. The van der Waals surface area contributed by atoms with Crippen LogP contribution in [0.3, 0.4) is 0 Å². The van der Waals surface area contributed by atoms with Gasteiger partial charge < -0.3 is 14.8 Å². The Morgan fingerprint density at radius 1 is 1.32 bits per heavy atom. The summed E-state index contributed by atoms with van der Waals surface area (Å²) in [5.41, 5.74) is 1.97. The largest absolute Gasteiger partial charge is 0.497 e. The molecule has 0 amide bonds. The van der Waals surface area contributed by atoms with Crippen molar-refractivity contribution in [2.24, 2.45) is 0 Å². The Hall–Kier alpha value is -2.08. The predicted octanol–water partition coefficient (Wildman–Crippen LogP) is 3.64. The first-order valence-corrected chi connectivity index (χ1v) is 7.62. The molecule has 1 N–H and O–H groups in total. The summed E-state index contributed by atoms with van der Waals surface area (Å²) in [7, 11) is 1.63. The number of methoxy groups -OCH3 is 1. The summed E-state index contributed by atoms with van der Waals surface area (Å²) in [4.78, 5) is 16.0. The van der Waals surface area contributed by atoms with E-state index in [4.69, 9.17) is 9.47 Å². The van der Waals surface area contributed by atoms with Crippen molar-refractivity contribution in [1.29, 1.82) is 0 Å². The average Bonchev–Trinajstić information content (AvgIpc) is 2.53. The van der Waals surface area contributed by atoms with Gasteiger partial charge in [0.1, 0.15) is 5.75 Å². The lowest BCUT2D eigenvalue weighted by molar-refractivity contribution is 0.0520. The van der Waals surface area contributed by atoms with Gasteiger partial charge in [-0.15, -0.1) is 0 Å². The summed E-state index contributed by atoms with van der Waals surface area (Å²) in [5.74, 6) is 0.368. The fraction of sp³-hybridized carbons (Fsp3) is 0.250. The average molecular weight is 365 g/mol. The molecule has 0 saturated heterocycles. The molecule has 0 aliphatic rings. The number of aromatic nitrogens is 1. The lowest BCUT2D eigenvalue weighted by atomic mass is 10.2. The third-order valence-corrected chi connectivity index (χ3v) is 3.40. The number of pyridine rings is 1. The Morgan fingerprint density at radius 2 is 2.05 bits per heavy atom. The van der Waals surface area contributed by atoms with Crippen molar-refractivity contribution in [2.75, 3.05) is 19.0 Å². The molecule has 0 atom stereocenters. The number of hydrogen-bond acceptors (Lipinski definition) is 5. The van der Waals surface area contributed by atoms with Gasteiger partial charge in [-0.2, -0.15) is 0 Å². The Labute approximate surface area is 137 Å². The number of carbonyl (C=O) groups is 1. The summed E-state index contributed by atoms with van der Waals surface area (Å²) in [6, 6.07) is 9.51. The lowest BCUT2D eigenvalue weighted by Gasteiger charge is -2.11. The molecule has 1 heterocycles. The van der Waals surface area contributed by atoms with E-state index >= 15 is 0 Å². The number of nitrogens with one attached hydrogen (secondary N) is 1. The highest BCUT2D eigenvalue weighted by molar-refractivity contribution is 9.10. The van der Waals surface area contributed by atoms with Crippen molar-refractivity contribution in [1.82, 2.24) is 4.98 Å². The van der Waals surface area contributed by atoms with Gasteiger partial charge in [0.25, 0.3) is 0 Å². The predicted molar refractivity (Wildman–Crippen MR) is 88.2 cm³/mol. The van der Waals surface area contributed by atoms with Crippen molar-refractivity contribution < 1.29 is 14.3 Å². The van der Waals surface area contributed by atoms with E-state index in [0.29, 0.717) is 18.8 Å². The Kier molecular flexibility index (Phi) is 5.77. The van der Waals surface area contributed by atoms with Crippen LogP contribution in [0.4, 0.5) is 5.69 Å². The van der Waals surface area contributed by atoms with E-state index in [1.807, 2.05) is 30.3 Å². The molecule has 0 aliphatic heterocycles. The molecule has 6 heteroatoms. The van der Waals surface area contributed by atoms with Gasteiger partial charge in [-0.3, -0.25) is 0 Å². The highest BCUT2D eigenvalue weighted by Gasteiger charge is 2.14. The van der Waals surface area contributed by atoms with Crippen LogP contribution in [0.25, 0.3) is 0 Å². The number of carbonyl (C=O) groups excluding carboxylic acids is 1. The smallest absolute Gasteiger partial charge is 0.359 e. The standard InChI is InChI=1S/C16H17BrN2O3/c1-3-22-16(20)15-14(8-12(17)10-19-15)18-9-11-4-6-13(21-2)7-5-11/h4-8,10,18H,3,9H2,1-2H3. The maximum atomic E-state index is 11.9. The third-order valence-electron chi connectivity index (χ3n) is 2.97. The molecule has 5 nitrogen and oxygen atoms in total. The van der Waals surface area contributed by atoms with Crippen LogP contribution in [0.1, 0.15) is 23.0 Å². The van der Waals surface area contributed by atoms with Crippen molar-refractivity contribution >= 4 is 27.6 Å². The summed E-state index contributed by atoms with van der Waals surface area (Å²) >= 11 is 3.36. The first kappa shape index (κ1) is 16.3. The molecule has 2 rings (SSSR count). The van der Waals surface area contributed by atoms with Gasteiger partial charge in [0.05, 0.1) is 19.4 Å². The molecular formula is C16H17BrN2O3. The normalized spacial score (nSPS) is 10.1. The Balaban J connectivity index is 2.13. The van der Waals surface area contributed by atoms with E-state index in [9.17, 15) is 4.79 Å². The number of benzene rings is 1. The summed E-state index contributed by atoms with van der Waals surface area (Å²) in [6.45, 7) is 2.64. The fourth-order valence-electron chi connectivity index (χ4n) is 1.88. The first-order valence-electron chi connectivity index (χ1n) is 6.83. The number of rotatable bonds is 6. The molecule has 0 spiro atoms. The second-order valence-corrected chi connectivity index (χ2v) is 5.39. The van der Waals surface area contributed by atoms with E-state index in [0.717, 1.165) is 15.8 Å². The minimum Gasteiger partial charge on any atom is -0.497 e. The van der Waals surface area contributed by atoms with Crippen LogP contribution in [0, 0.1) is 0 Å². The topological polar surface area (TPSA) is 60.5 Å². The fourth-order valence-corrected chi connectivity index (χ4v) is 2.21. The minimum atomic E-state index is -0.438. The maximum Gasteiger partial charge on any atom is 0.359 e. The van der Waals surface area contributed by atoms with Gasteiger partial charge in [-0.1, -0.05) is 12.1 Å². The van der Waals surface area contributed by atoms with Crippen LogP contribution in [0.5, 0.6) is 5.75 Å². The second-order valence-electron chi connectivity index (χ2n) is 4.47. The number of ether oxygens (including phenoxy) is 2. The quantitative estimate of drug-likeness (QED) is 0.792. The lowest BCUT2D eigenvalue weighted by Crippen LogP contribution is -2.12. The number of anilines is 1. The highest BCUT2D eigenvalue weighted by Crippen LogP contribution is 2.21. The van der Waals surface area contributed by atoms with E-state index in [1.54, 1.807) is 20.2 Å². The molecule has 0 fully saturated rings. The third kappa shape index (κ3) is 4.21. The van der Waals surface area contributed by atoms with Crippen LogP contribution < -0.4 is 10.1 Å². The molecule has 1 aromatic carbocycles. The van der Waals surface area contributed by atoms with Crippen molar-refractivity contribution in [3.8, 4) is 5.75 Å². The van der Waals surface area contributed by atoms with Crippen molar-refractivity contribution in [3.05, 3.63) is 52.3 Å². The van der Waals surface area contributed by atoms with E-state index in [2.05, 4.69) is 26.2 Å². The van der Waals surface area contributed by atoms with Gasteiger partial charge in [0.15, 0.2) is 5.69 Å². The molecule has 0 radical (unpaired) electrons. The SMILES string of the molecule is CCOC(=O)c1ncc(Br)cc1NCc1ccc(OC)cc1. The molecule has 0 bridgehead atoms. The zero-order chi connectivity index (χ0) is 15.9. The number of esters is 1. The molecule has 1 aromatic heterocycles. The molecule has 116 valence electrons. The van der Waals surface area contributed by atoms with Gasteiger partial charge in [0, 0.05) is 17.2 Å². The van der Waals surface area contributed by atoms with E-state index < -0.39 is 5.97 Å². The second kappa shape index (κ2) is 7.79. The van der Waals surface area contributed by atoms with E-state index in [1.165, 1.54) is 0 Å². The zero-order valence-corrected chi connectivity index (χ0v) is 14.0. The maximum absolute atomic E-state index is 11.9. The van der Waals surface area contributed by atoms with Crippen LogP contribution in [-0.4, -0.2) is 24.7 Å². The minimum absolute atomic E-state index is 0.276. The number of halogens is 1. The monoisotopic (exact) mass is 364 g/mol. The van der Waals surface area contributed by atoms with Gasteiger partial charge in [-0.25, -0.2) is 9.78 Å². The Bertz CT molecular complexity index is 644. The van der Waals surface area contributed by atoms with Crippen LogP contribution in [-0.2, 0) is 11.3 Å². The van der Waals surface area contributed by atoms with Crippen LogP contribution in [0.2, 0.25) is 0 Å². The molecular weight excluding hydrogens is 348 g/mol. The summed E-state index contributed by atoms with van der Waals surface area (Å²) in [5, 5.41) is 3.21. The molecule has 2 aromatic rings. The van der Waals surface area contributed by atoms with Crippen LogP contribution >= 0.6 is 15.9 Å². The first-order chi connectivity index (χ1) is 10.6. The van der Waals surface area contributed by atoms with Crippen molar-refractivity contribution in [2.45, 2.75) is 13.5 Å². The van der Waals surface area contributed by atoms with Crippen molar-refractivity contribution in [3.63, 3.8) is 0 Å². The van der Waals surface area contributed by atoms with E-state index in [-0.39, 0.29) is 5.69 Å². The number of hydrogen-bond donors (Lipinski definition) is 1. The zero-order valence-electron chi connectivity index (χ0n) is 12.4. The van der Waals surface area contributed by atoms with Gasteiger partial charge in [-0.05, 0) is 46.6 Å². The van der Waals surface area contributed by atoms with Gasteiger partial charge in [0.2, 0.25) is 0 Å². The Morgan fingerprint density at radius 3 is 2.68 bits per heavy atom. The molecule has 0 unspecified atom stereocenters. The van der Waals surface area contributed by atoms with Gasteiger partial charge >= 0.3 is 5.97 Å². The molecule has 22 heavy (non-hydrogen) atoms. The summed E-state index contributed by atoms with van der Waals surface area (Å²) in [6.07, 6.45) is 1.57. The molecule has 0 saturated carbocycles. The van der Waals surface area contributed by atoms with Crippen LogP contribution in [0.15, 0.2) is 41.0 Å². The number of nitrogens with zero attached hydrogens (tertiary/aromatic N) is 1. The molecule has 0 aliphatic carbocycles.